The average Bonchev–Trinajstić information content (AvgIpc) is 3.05. The Bertz CT molecular complexity index is 1030. The highest BCUT2D eigenvalue weighted by atomic mass is 15.2. The smallest absolute Gasteiger partial charge is 0.307 e. The van der Waals surface area contributed by atoms with E-state index in [-0.39, 0.29) is 0 Å². The van der Waals surface area contributed by atoms with Crippen LogP contribution in [0.5, 0.6) is 0 Å². The van der Waals surface area contributed by atoms with Gasteiger partial charge in [0, 0.05) is 0 Å². The Hall–Kier alpha value is -2.17. The molecule has 0 aromatic carbocycles. The summed E-state index contributed by atoms with van der Waals surface area (Å²) in [5, 5.41) is 0. The minimum Gasteiger partial charge on any atom is -0.380 e. The van der Waals surface area contributed by atoms with E-state index in [9.17, 15) is 0 Å². The van der Waals surface area contributed by atoms with E-state index < -0.39 is 0 Å². The van der Waals surface area contributed by atoms with Crippen molar-refractivity contribution in [1.82, 2.24) is 14.5 Å². The molecular weight excluding hydrogens is 382 g/mol. The van der Waals surface area contributed by atoms with E-state index in [0.717, 1.165) is 36.0 Å². The molecule has 0 aliphatic heterocycles. The van der Waals surface area contributed by atoms with Gasteiger partial charge in [0.25, 0.3) is 0 Å². The average molecular weight is 423 g/mol. The van der Waals surface area contributed by atoms with Crippen LogP contribution in [0.1, 0.15) is 73.1 Å². The maximum atomic E-state index is 6.14. The van der Waals surface area contributed by atoms with Gasteiger partial charge in [0.15, 0.2) is 18.5 Å². The van der Waals surface area contributed by atoms with Gasteiger partial charge in [-0.25, -0.2) is 4.57 Å². The van der Waals surface area contributed by atoms with Gasteiger partial charge in [0.2, 0.25) is 5.52 Å². The van der Waals surface area contributed by atoms with E-state index >= 15 is 0 Å². The van der Waals surface area contributed by atoms with Crippen molar-refractivity contribution >= 4 is 17.0 Å². The normalized spacial score (nSPS) is 28.5. The number of rotatable bonds is 5. The zero-order chi connectivity index (χ0) is 22.4. The van der Waals surface area contributed by atoms with Gasteiger partial charge < -0.3 is 5.73 Å². The fourth-order valence-electron chi connectivity index (χ4n) is 6.11. The number of hydrogen-bond acceptors (Lipinski definition) is 3. The molecule has 5 heteroatoms. The van der Waals surface area contributed by atoms with Crippen LogP contribution in [-0.2, 0) is 13.6 Å². The lowest BCUT2D eigenvalue weighted by atomic mass is 9.52. The van der Waals surface area contributed by atoms with Crippen molar-refractivity contribution in [3.05, 3.63) is 36.0 Å². The number of allylic oxidation sites excluding steroid dienone is 4. The Labute approximate surface area is 187 Å². The van der Waals surface area contributed by atoms with Crippen molar-refractivity contribution in [3.8, 4) is 0 Å². The van der Waals surface area contributed by atoms with E-state index in [0.29, 0.717) is 16.6 Å². The van der Waals surface area contributed by atoms with Gasteiger partial charge in [-0.2, -0.15) is 4.98 Å². The van der Waals surface area contributed by atoms with Crippen molar-refractivity contribution < 1.29 is 4.57 Å². The molecule has 5 nitrogen and oxygen atoms in total. The van der Waals surface area contributed by atoms with Crippen LogP contribution in [0.4, 0.5) is 5.82 Å². The third-order valence-corrected chi connectivity index (χ3v) is 8.55. The summed E-state index contributed by atoms with van der Waals surface area (Å²) in [5.41, 5.74) is 11.9. The lowest BCUT2D eigenvalue weighted by molar-refractivity contribution is -0.647. The molecule has 2 aliphatic rings. The van der Waals surface area contributed by atoms with Crippen molar-refractivity contribution in [2.24, 2.45) is 29.7 Å². The number of aromatic nitrogens is 4. The summed E-state index contributed by atoms with van der Waals surface area (Å²) >= 11 is 0. The molecule has 2 aromatic heterocycles. The highest BCUT2D eigenvalue weighted by molar-refractivity contribution is 5.79. The largest absolute Gasteiger partial charge is 0.380 e. The molecular formula is C26H40N5+. The third-order valence-electron chi connectivity index (χ3n) is 8.55. The number of anilines is 1. The van der Waals surface area contributed by atoms with Gasteiger partial charge in [-0.15, -0.1) is 0 Å². The first kappa shape index (κ1) is 22.0. The zero-order valence-corrected chi connectivity index (χ0v) is 20.3. The number of aryl methyl sites for hydroxylation is 1. The molecule has 2 heterocycles. The maximum absolute atomic E-state index is 6.14. The summed E-state index contributed by atoms with van der Waals surface area (Å²) in [4.78, 5) is 8.56. The van der Waals surface area contributed by atoms with Gasteiger partial charge in [0.1, 0.15) is 0 Å². The Morgan fingerprint density at radius 1 is 1.29 bits per heavy atom. The molecule has 4 rings (SSSR count). The van der Waals surface area contributed by atoms with Crippen LogP contribution in [0.2, 0.25) is 0 Å². The standard InChI is InChI=1S/C26H40N5/c1-18(12-15-31-17-30(6)24-22(31)23(27)28-16-29-24)11-14-26(5)19(2)9-10-20-21(26)8-7-13-25(20,3)4/h8,12,16-17,19-20H,7,9-11,13-15H2,1-6H3,(H2,27,28,29)/q+1/b18-12+/t19-,20+,26+/m0/s1. The quantitative estimate of drug-likeness (QED) is 0.521. The van der Waals surface area contributed by atoms with Crippen LogP contribution >= 0.6 is 0 Å². The lowest BCUT2D eigenvalue weighted by Crippen LogP contribution is -2.43. The third kappa shape index (κ3) is 3.92. The van der Waals surface area contributed by atoms with Crippen LogP contribution in [-0.4, -0.2) is 14.5 Å². The molecule has 2 aromatic rings. The van der Waals surface area contributed by atoms with Crippen molar-refractivity contribution in [3.63, 3.8) is 0 Å². The number of fused-ring (bicyclic) bond motifs is 2. The molecule has 2 N–H and O–H groups in total. The summed E-state index contributed by atoms with van der Waals surface area (Å²) in [6.45, 7) is 13.1. The first-order chi connectivity index (χ1) is 14.6. The molecule has 31 heavy (non-hydrogen) atoms. The van der Waals surface area contributed by atoms with Crippen molar-refractivity contribution in [2.75, 3.05) is 5.73 Å². The fourth-order valence-corrected chi connectivity index (χ4v) is 6.11. The van der Waals surface area contributed by atoms with Crippen molar-refractivity contribution in [1.29, 1.82) is 0 Å². The molecule has 3 atom stereocenters. The minimum atomic E-state index is 0.320. The molecule has 0 spiro atoms. The van der Waals surface area contributed by atoms with Crippen LogP contribution < -0.4 is 10.3 Å². The van der Waals surface area contributed by atoms with E-state index in [1.165, 1.54) is 44.0 Å². The number of nitrogens with zero attached hydrogens (tertiary/aromatic N) is 4. The van der Waals surface area contributed by atoms with E-state index in [1.807, 2.05) is 11.6 Å². The van der Waals surface area contributed by atoms with Gasteiger partial charge >= 0.3 is 5.65 Å². The minimum absolute atomic E-state index is 0.320. The van der Waals surface area contributed by atoms with E-state index in [2.05, 4.69) is 67.6 Å². The molecule has 0 unspecified atom stereocenters. The van der Waals surface area contributed by atoms with Gasteiger partial charge in [-0.1, -0.05) is 56.0 Å². The maximum Gasteiger partial charge on any atom is 0.307 e. The number of hydrogen-bond donors (Lipinski definition) is 1. The molecule has 168 valence electrons. The van der Waals surface area contributed by atoms with E-state index in [1.54, 1.807) is 5.57 Å². The lowest BCUT2D eigenvalue weighted by Gasteiger charge is -2.53. The first-order valence-corrected chi connectivity index (χ1v) is 11.9. The predicted octanol–water partition coefficient (Wildman–Crippen LogP) is 5.36. The monoisotopic (exact) mass is 422 g/mol. The second-order valence-electron chi connectivity index (χ2n) is 11.0. The molecule has 0 bridgehead atoms. The summed E-state index contributed by atoms with van der Waals surface area (Å²) in [7, 11) is 2.00. The number of imidazole rings is 1. The highest BCUT2D eigenvalue weighted by Crippen LogP contribution is 2.58. The second-order valence-corrected chi connectivity index (χ2v) is 11.0. The number of nitrogen functional groups attached to an aromatic ring is 1. The van der Waals surface area contributed by atoms with Gasteiger partial charge in [-0.3, -0.25) is 4.57 Å². The second kappa shape index (κ2) is 8.07. The molecule has 0 amide bonds. The van der Waals surface area contributed by atoms with E-state index in [4.69, 9.17) is 5.73 Å². The fraction of sp³-hybridized carbons (Fsp3) is 0.654. The van der Waals surface area contributed by atoms with Gasteiger partial charge in [-0.05, 0) is 68.1 Å². The SMILES string of the molecule is C/C(=C\Cn1c[n+](C)c2ncnc(N)c21)CC[C@@]1(C)C2=CCCC(C)(C)[C@@H]2CC[C@@H]1C. The molecule has 0 saturated heterocycles. The molecule has 1 saturated carbocycles. The molecule has 0 radical (unpaired) electrons. The number of nitrogens with two attached hydrogens (primary N) is 1. The topological polar surface area (TPSA) is 60.6 Å². The van der Waals surface area contributed by atoms with Crippen LogP contribution in [0.25, 0.3) is 11.2 Å². The zero-order valence-electron chi connectivity index (χ0n) is 20.3. The Morgan fingerprint density at radius 2 is 2.06 bits per heavy atom. The van der Waals surface area contributed by atoms with Crippen LogP contribution in [0, 0.1) is 22.7 Å². The highest BCUT2D eigenvalue weighted by Gasteiger charge is 2.47. The summed E-state index contributed by atoms with van der Waals surface area (Å²) in [5.74, 6) is 2.06. The predicted molar refractivity (Wildman–Crippen MR) is 127 cm³/mol. The Balaban J connectivity index is 1.50. The summed E-state index contributed by atoms with van der Waals surface area (Å²) in [6.07, 6.45) is 16.2. The molecule has 1 fully saturated rings. The summed E-state index contributed by atoms with van der Waals surface area (Å²) < 4.78 is 4.17. The Kier molecular flexibility index (Phi) is 5.74. The van der Waals surface area contributed by atoms with Gasteiger partial charge in [0.05, 0.1) is 13.6 Å². The van der Waals surface area contributed by atoms with Crippen LogP contribution in [0.15, 0.2) is 36.0 Å². The van der Waals surface area contributed by atoms with Crippen LogP contribution in [0.3, 0.4) is 0 Å². The molecule has 2 aliphatic carbocycles. The Morgan fingerprint density at radius 3 is 2.84 bits per heavy atom. The van der Waals surface area contributed by atoms with Crippen molar-refractivity contribution in [2.45, 2.75) is 79.7 Å². The summed E-state index contributed by atoms with van der Waals surface area (Å²) in [6, 6.07) is 0. The first-order valence-electron chi connectivity index (χ1n) is 11.9.